The van der Waals surface area contributed by atoms with E-state index in [0.29, 0.717) is 11.2 Å². The Morgan fingerprint density at radius 3 is 3.05 bits per heavy atom. The minimum atomic E-state index is 0.280. The van der Waals surface area contributed by atoms with Gasteiger partial charge in [-0.05, 0) is 44.4 Å². The maximum absolute atomic E-state index is 9.02. The molecule has 1 aromatic heterocycles. The number of rotatable bonds is 5. The fourth-order valence-electron chi connectivity index (χ4n) is 3.22. The van der Waals surface area contributed by atoms with Crippen LogP contribution >= 0.6 is 11.6 Å². The van der Waals surface area contributed by atoms with E-state index >= 15 is 0 Å². The minimum Gasteiger partial charge on any atom is -0.396 e. The van der Waals surface area contributed by atoms with E-state index in [4.69, 9.17) is 16.7 Å². The predicted octanol–water partition coefficient (Wildman–Crippen LogP) is 3.63. The lowest BCUT2D eigenvalue weighted by atomic mass is 10.1. The summed E-state index contributed by atoms with van der Waals surface area (Å²) in [4.78, 5) is 6.98. The van der Waals surface area contributed by atoms with E-state index in [9.17, 15) is 0 Å². The first-order chi connectivity index (χ1) is 10.3. The second-order valence-corrected chi connectivity index (χ2v) is 6.12. The van der Waals surface area contributed by atoms with E-state index in [1.807, 2.05) is 18.2 Å². The molecule has 1 aromatic carbocycles. The van der Waals surface area contributed by atoms with Gasteiger partial charge >= 0.3 is 0 Å². The van der Waals surface area contributed by atoms with Crippen LogP contribution in [0, 0.1) is 0 Å². The lowest BCUT2D eigenvalue weighted by Gasteiger charge is -2.24. The third-order valence-electron chi connectivity index (χ3n) is 4.32. The highest BCUT2D eigenvalue weighted by Crippen LogP contribution is 2.27. The molecule has 4 heteroatoms. The van der Waals surface area contributed by atoms with Crippen LogP contribution in [-0.4, -0.2) is 34.2 Å². The standard InChI is InChI=1S/C17H21ClN2O/c18-17-14(11-13-5-1-2-8-16(13)19-17)12-20-9-3-6-15(20)7-4-10-21/h1-2,5,8,11,15,21H,3-4,6-7,9-10,12H2. The van der Waals surface area contributed by atoms with Crippen LogP contribution in [0.2, 0.25) is 5.15 Å². The Labute approximate surface area is 130 Å². The quantitative estimate of drug-likeness (QED) is 0.857. The van der Waals surface area contributed by atoms with Gasteiger partial charge in [-0.2, -0.15) is 0 Å². The molecule has 1 fully saturated rings. The Morgan fingerprint density at radius 2 is 2.19 bits per heavy atom. The topological polar surface area (TPSA) is 36.4 Å². The molecular weight excluding hydrogens is 284 g/mol. The molecule has 1 aliphatic heterocycles. The second kappa shape index (κ2) is 6.73. The zero-order chi connectivity index (χ0) is 14.7. The molecule has 3 rings (SSSR count). The van der Waals surface area contributed by atoms with Crippen LogP contribution in [0.4, 0.5) is 0 Å². The monoisotopic (exact) mass is 304 g/mol. The first-order valence-electron chi connectivity index (χ1n) is 7.67. The molecule has 0 saturated carbocycles. The predicted molar refractivity (Wildman–Crippen MR) is 86.5 cm³/mol. The number of aromatic nitrogens is 1. The van der Waals surface area contributed by atoms with Gasteiger partial charge in [0.1, 0.15) is 5.15 Å². The Bertz CT molecular complexity index is 617. The summed E-state index contributed by atoms with van der Waals surface area (Å²) in [5, 5.41) is 10.8. The van der Waals surface area contributed by atoms with Crippen LogP contribution in [0.25, 0.3) is 10.9 Å². The van der Waals surface area contributed by atoms with Crippen molar-refractivity contribution in [1.29, 1.82) is 0 Å². The number of para-hydroxylation sites is 1. The molecule has 1 unspecified atom stereocenters. The van der Waals surface area contributed by atoms with Gasteiger partial charge in [-0.1, -0.05) is 29.8 Å². The van der Waals surface area contributed by atoms with Gasteiger partial charge in [-0.3, -0.25) is 4.90 Å². The molecule has 2 aromatic rings. The fraction of sp³-hybridized carbons (Fsp3) is 0.471. The van der Waals surface area contributed by atoms with Crippen molar-refractivity contribution in [3.63, 3.8) is 0 Å². The zero-order valence-corrected chi connectivity index (χ0v) is 12.9. The van der Waals surface area contributed by atoms with E-state index in [2.05, 4.69) is 22.0 Å². The first kappa shape index (κ1) is 14.8. The Balaban J connectivity index is 1.79. The molecule has 1 saturated heterocycles. The molecule has 0 spiro atoms. The van der Waals surface area contributed by atoms with Crippen LogP contribution in [0.15, 0.2) is 30.3 Å². The summed E-state index contributed by atoms with van der Waals surface area (Å²) >= 11 is 6.36. The van der Waals surface area contributed by atoms with Crippen LogP contribution in [0.5, 0.6) is 0 Å². The molecule has 112 valence electrons. The number of nitrogens with zero attached hydrogens (tertiary/aromatic N) is 2. The molecule has 0 aliphatic carbocycles. The smallest absolute Gasteiger partial charge is 0.134 e. The van der Waals surface area contributed by atoms with E-state index in [-0.39, 0.29) is 6.61 Å². The van der Waals surface area contributed by atoms with Crippen LogP contribution in [0.3, 0.4) is 0 Å². The van der Waals surface area contributed by atoms with Gasteiger partial charge in [0, 0.05) is 30.1 Å². The van der Waals surface area contributed by atoms with Crippen LogP contribution in [-0.2, 0) is 6.54 Å². The lowest BCUT2D eigenvalue weighted by Crippen LogP contribution is -2.29. The number of hydrogen-bond donors (Lipinski definition) is 1. The number of likely N-dealkylation sites (tertiary alicyclic amines) is 1. The molecule has 3 nitrogen and oxygen atoms in total. The summed E-state index contributed by atoms with van der Waals surface area (Å²) in [5.41, 5.74) is 2.05. The number of fused-ring (bicyclic) bond motifs is 1. The van der Waals surface area contributed by atoms with Crippen molar-refractivity contribution in [3.8, 4) is 0 Å². The van der Waals surface area contributed by atoms with Gasteiger partial charge in [0.2, 0.25) is 0 Å². The van der Waals surface area contributed by atoms with E-state index in [1.165, 1.54) is 12.8 Å². The zero-order valence-electron chi connectivity index (χ0n) is 12.1. The van der Waals surface area contributed by atoms with Crippen molar-refractivity contribution in [3.05, 3.63) is 41.0 Å². The SMILES string of the molecule is OCCCC1CCCN1Cc1cc2ccccc2nc1Cl. The van der Waals surface area contributed by atoms with Gasteiger partial charge in [0.25, 0.3) is 0 Å². The molecular formula is C17H21ClN2O. The van der Waals surface area contributed by atoms with Crippen molar-refractivity contribution in [2.45, 2.75) is 38.3 Å². The van der Waals surface area contributed by atoms with Gasteiger partial charge in [-0.25, -0.2) is 4.98 Å². The summed E-state index contributed by atoms with van der Waals surface area (Å²) in [6.07, 6.45) is 4.40. The normalized spacial score (nSPS) is 19.4. The fourth-order valence-corrected chi connectivity index (χ4v) is 3.43. The molecule has 1 N–H and O–H groups in total. The molecule has 21 heavy (non-hydrogen) atoms. The maximum atomic E-state index is 9.02. The van der Waals surface area contributed by atoms with Crippen LogP contribution in [0.1, 0.15) is 31.2 Å². The number of pyridine rings is 1. The second-order valence-electron chi connectivity index (χ2n) is 5.76. The number of aliphatic hydroxyl groups is 1. The van der Waals surface area contributed by atoms with Gasteiger partial charge in [-0.15, -0.1) is 0 Å². The number of hydrogen-bond acceptors (Lipinski definition) is 3. The summed E-state index contributed by atoms with van der Waals surface area (Å²) in [5.74, 6) is 0. The molecule has 0 amide bonds. The summed E-state index contributed by atoms with van der Waals surface area (Å²) in [7, 11) is 0. The van der Waals surface area contributed by atoms with Crippen molar-refractivity contribution >= 4 is 22.5 Å². The van der Waals surface area contributed by atoms with Crippen molar-refractivity contribution in [2.24, 2.45) is 0 Å². The molecule has 1 aliphatic rings. The summed E-state index contributed by atoms with van der Waals surface area (Å²) in [6.45, 7) is 2.24. The van der Waals surface area contributed by atoms with Crippen LogP contribution < -0.4 is 0 Å². The maximum Gasteiger partial charge on any atom is 0.134 e. The average molecular weight is 305 g/mol. The molecule has 0 radical (unpaired) electrons. The first-order valence-corrected chi connectivity index (χ1v) is 8.05. The van der Waals surface area contributed by atoms with E-state index < -0.39 is 0 Å². The van der Waals surface area contributed by atoms with Gasteiger partial charge in [0.05, 0.1) is 5.52 Å². The average Bonchev–Trinajstić information content (AvgIpc) is 2.93. The Hall–Kier alpha value is -1.16. The third-order valence-corrected chi connectivity index (χ3v) is 4.65. The van der Waals surface area contributed by atoms with Crippen molar-refractivity contribution < 1.29 is 5.11 Å². The van der Waals surface area contributed by atoms with E-state index in [0.717, 1.165) is 42.4 Å². The molecule has 1 atom stereocenters. The number of halogens is 1. The lowest BCUT2D eigenvalue weighted by molar-refractivity contribution is 0.210. The van der Waals surface area contributed by atoms with Gasteiger partial charge < -0.3 is 5.11 Å². The molecule has 0 bridgehead atoms. The van der Waals surface area contributed by atoms with Crippen molar-refractivity contribution in [2.75, 3.05) is 13.2 Å². The number of aliphatic hydroxyl groups excluding tert-OH is 1. The highest BCUT2D eigenvalue weighted by Gasteiger charge is 2.24. The number of benzene rings is 1. The largest absolute Gasteiger partial charge is 0.396 e. The van der Waals surface area contributed by atoms with Crippen molar-refractivity contribution in [1.82, 2.24) is 9.88 Å². The van der Waals surface area contributed by atoms with E-state index in [1.54, 1.807) is 0 Å². The van der Waals surface area contributed by atoms with Gasteiger partial charge in [0.15, 0.2) is 0 Å². The highest BCUT2D eigenvalue weighted by molar-refractivity contribution is 6.30. The highest BCUT2D eigenvalue weighted by atomic mass is 35.5. The Kier molecular flexibility index (Phi) is 4.73. The summed E-state index contributed by atoms with van der Waals surface area (Å²) < 4.78 is 0. The summed E-state index contributed by atoms with van der Waals surface area (Å²) in [6, 6.07) is 10.8. The minimum absolute atomic E-state index is 0.280. The third kappa shape index (κ3) is 3.37. The Morgan fingerprint density at radius 1 is 1.33 bits per heavy atom. The molecule has 2 heterocycles.